The average molecular weight is 471 g/mol. The molecule has 0 N–H and O–H groups in total. The van der Waals surface area contributed by atoms with Crippen molar-refractivity contribution in [3.05, 3.63) is 107 Å². The molecule has 8 rings (SSSR count). The maximum Gasteiger partial charge on any atom is 0.417 e. The van der Waals surface area contributed by atoms with E-state index >= 15 is 0 Å². The molecule has 36 heavy (non-hydrogen) atoms. The van der Waals surface area contributed by atoms with Crippen LogP contribution in [0.15, 0.2) is 77.5 Å². The molecular weight excluding hydrogens is 440 g/mol. The van der Waals surface area contributed by atoms with E-state index in [-0.39, 0.29) is 0 Å². The molecule has 3 heteroatoms. The van der Waals surface area contributed by atoms with Gasteiger partial charge in [-0.25, -0.2) is 0 Å². The number of nitrogens with zero attached hydrogens (tertiary/aromatic N) is 2. The van der Waals surface area contributed by atoms with E-state index in [4.69, 9.17) is 4.42 Å². The quantitative estimate of drug-likeness (QED) is 0.248. The van der Waals surface area contributed by atoms with Crippen molar-refractivity contribution < 1.29 is 13.6 Å². The summed E-state index contributed by atoms with van der Waals surface area (Å²) >= 11 is 0. The van der Waals surface area contributed by atoms with Crippen LogP contribution in [0.3, 0.4) is 0 Å². The zero-order chi connectivity index (χ0) is 24.2. The molecule has 2 aliphatic heterocycles. The van der Waals surface area contributed by atoms with Gasteiger partial charge in [0.1, 0.15) is 28.0 Å². The van der Waals surface area contributed by atoms with E-state index in [9.17, 15) is 0 Å². The predicted molar refractivity (Wildman–Crippen MR) is 141 cm³/mol. The summed E-state index contributed by atoms with van der Waals surface area (Å²) in [5.41, 5.74) is 12.4. The van der Waals surface area contributed by atoms with Crippen LogP contribution in [-0.2, 0) is 18.5 Å². The van der Waals surface area contributed by atoms with E-state index in [1.54, 1.807) is 0 Å². The number of aryl methyl sites for hydroxylation is 3. The van der Waals surface area contributed by atoms with Crippen LogP contribution < -0.4 is 9.13 Å². The Balaban J connectivity index is 1.59. The lowest BCUT2D eigenvalue weighted by Gasteiger charge is -2.18. The third kappa shape index (κ3) is 2.30. The van der Waals surface area contributed by atoms with Crippen LogP contribution in [0.1, 0.15) is 66.2 Å². The van der Waals surface area contributed by atoms with Crippen LogP contribution in [0.5, 0.6) is 0 Å². The molecule has 0 fully saturated rings. The zero-order valence-corrected chi connectivity index (χ0v) is 21.1. The molecule has 0 saturated heterocycles. The fraction of sp³-hybridized carbons (Fsp3) is 0.273. The van der Waals surface area contributed by atoms with Crippen LogP contribution >= 0.6 is 0 Å². The van der Waals surface area contributed by atoms with E-state index in [2.05, 4.69) is 103 Å². The summed E-state index contributed by atoms with van der Waals surface area (Å²) in [6.45, 7) is 6.85. The Morgan fingerprint density at radius 3 is 2.58 bits per heavy atom. The maximum atomic E-state index is 6.80. The molecule has 5 aromatic rings. The number of benzene rings is 2. The first-order valence-corrected chi connectivity index (χ1v) is 13.4. The number of fused-ring (bicyclic) bond motifs is 14. The van der Waals surface area contributed by atoms with E-state index < -0.39 is 5.66 Å². The summed E-state index contributed by atoms with van der Waals surface area (Å²) in [4.78, 5) is 0. The Morgan fingerprint density at radius 2 is 1.69 bits per heavy atom. The van der Waals surface area contributed by atoms with Gasteiger partial charge in [-0.2, -0.15) is 0 Å². The molecular formula is C33H30N2O+2. The first-order valence-electron chi connectivity index (χ1n) is 13.4. The molecule has 2 aromatic carbocycles. The maximum absolute atomic E-state index is 6.80. The van der Waals surface area contributed by atoms with Crippen LogP contribution in [0, 0.1) is 6.92 Å². The molecule has 3 nitrogen and oxygen atoms in total. The van der Waals surface area contributed by atoms with Gasteiger partial charge in [-0.1, -0.05) is 26.0 Å². The highest BCUT2D eigenvalue weighted by Crippen LogP contribution is 2.51. The average Bonchev–Trinajstić information content (AvgIpc) is 3.52. The minimum Gasteiger partial charge on any atom is -0.460 e. The van der Waals surface area contributed by atoms with Gasteiger partial charge in [0.05, 0.1) is 5.56 Å². The summed E-state index contributed by atoms with van der Waals surface area (Å²) < 4.78 is 11.8. The number of hydrogen-bond acceptors (Lipinski definition) is 1. The summed E-state index contributed by atoms with van der Waals surface area (Å²) in [7, 11) is 0. The topological polar surface area (TPSA) is 20.9 Å². The van der Waals surface area contributed by atoms with Crippen LogP contribution in [0.25, 0.3) is 33.5 Å². The highest BCUT2D eigenvalue weighted by molar-refractivity contribution is 5.99. The van der Waals surface area contributed by atoms with Crippen LogP contribution in [0.2, 0.25) is 0 Å². The van der Waals surface area contributed by atoms with Crippen molar-refractivity contribution in [2.75, 3.05) is 0 Å². The highest BCUT2D eigenvalue weighted by Gasteiger charge is 2.67. The normalized spacial score (nSPS) is 18.9. The van der Waals surface area contributed by atoms with Crippen LogP contribution in [-0.4, -0.2) is 0 Å². The van der Waals surface area contributed by atoms with Gasteiger partial charge in [0, 0.05) is 41.1 Å². The van der Waals surface area contributed by atoms with Crippen molar-refractivity contribution in [1.82, 2.24) is 0 Å². The van der Waals surface area contributed by atoms with E-state index in [1.807, 2.05) is 0 Å². The monoisotopic (exact) mass is 470 g/mol. The van der Waals surface area contributed by atoms with Crippen molar-refractivity contribution in [2.24, 2.45) is 0 Å². The summed E-state index contributed by atoms with van der Waals surface area (Å²) in [6, 6.07) is 22.6. The van der Waals surface area contributed by atoms with Gasteiger partial charge in [-0.05, 0) is 68.0 Å². The molecule has 0 saturated carbocycles. The lowest BCUT2D eigenvalue weighted by Crippen LogP contribution is -2.71. The summed E-state index contributed by atoms with van der Waals surface area (Å²) in [5.74, 6) is 1.65. The predicted octanol–water partition coefficient (Wildman–Crippen LogP) is 6.58. The Kier molecular flexibility index (Phi) is 3.95. The summed E-state index contributed by atoms with van der Waals surface area (Å²) in [5, 5.41) is 1.35. The van der Waals surface area contributed by atoms with Crippen LogP contribution in [0.4, 0.5) is 0 Å². The zero-order valence-electron chi connectivity index (χ0n) is 21.1. The molecule has 176 valence electrons. The number of pyridine rings is 2. The van der Waals surface area contributed by atoms with Crippen molar-refractivity contribution in [2.45, 2.75) is 58.0 Å². The Labute approximate surface area is 211 Å². The molecule has 0 bridgehead atoms. The Hall–Kier alpha value is -3.72. The first-order chi connectivity index (χ1) is 17.6. The molecule has 1 atom stereocenters. The second kappa shape index (κ2) is 6.94. The molecule has 3 aromatic heterocycles. The molecule has 0 amide bonds. The van der Waals surface area contributed by atoms with E-state index in [1.165, 1.54) is 74.3 Å². The lowest BCUT2D eigenvalue weighted by atomic mass is 9.86. The molecule has 1 spiro atoms. The fourth-order valence-corrected chi connectivity index (χ4v) is 7.24. The number of hydrogen-bond donors (Lipinski definition) is 0. The van der Waals surface area contributed by atoms with Crippen molar-refractivity contribution in [1.29, 1.82) is 0 Å². The van der Waals surface area contributed by atoms with Gasteiger partial charge < -0.3 is 4.42 Å². The lowest BCUT2D eigenvalue weighted by molar-refractivity contribution is -0.955. The largest absolute Gasteiger partial charge is 0.460 e. The van der Waals surface area contributed by atoms with Gasteiger partial charge in [-0.15, -0.1) is 9.13 Å². The van der Waals surface area contributed by atoms with Gasteiger partial charge in [0.2, 0.25) is 11.4 Å². The first kappa shape index (κ1) is 20.5. The SMILES string of the molecule is Cc1cc2c(c3oc4c(c13)CCCC4)-c1ccc(C(C)C)c[n+]1C21c2ccccc2-c2cccc[n+]21. The third-order valence-electron chi connectivity index (χ3n) is 8.83. The summed E-state index contributed by atoms with van der Waals surface area (Å²) in [6.07, 6.45) is 9.31. The third-order valence-corrected chi connectivity index (χ3v) is 8.83. The standard InChI is InChI=1S/C33H30N2O/c1-20(2)22-15-16-28-31-26(18-21(3)30-24-11-5-7-14-29(24)36-32(30)31)33(35(28)19-22)25-12-6-4-10-23(25)27-13-8-9-17-34(27)33/h4,6,8-10,12-13,15-20H,5,7,11,14H2,1-3H3/q+2. The van der Waals surface area contributed by atoms with E-state index in [0.717, 1.165) is 18.4 Å². The molecule has 5 heterocycles. The minimum absolute atomic E-state index is 0.443. The second-order valence-electron chi connectivity index (χ2n) is 11.1. The minimum atomic E-state index is -0.477. The highest BCUT2D eigenvalue weighted by atomic mass is 16.3. The van der Waals surface area contributed by atoms with Gasteiger partial charge in [-0.3, -0.25) is 0 Å². The Morgan fingerprint density at radius 1 is 0.861 bits per heavy atom. The van der Waals surface area contributed by atoms with Crippen molar-refractivity contribution in [3.8, 4) is 22.5 Å². The van der Waals surface area contributed by atoms with E-state index in [0.29, 0.717) is 5.92 Å². The molecule has 3 aliphatic rings. The Bertz CT molecular complexity index is 1690. The number of aromatic nitrogens is 2. The molecule has 1 unspecified atom stereocenters. The second-order valence-corrected chi connectivity index (χ2v) is 11.1. The number of rotatable bonds is 1. The fourth-order valence-electron chi connectivity index (χ4n) is 7.24. The van der Waals surface area contributed by atoms with Gasteiger partial charge in [0.15, 0.2) is 12.4 Å². The van der Waals surface area contributed by atoms with Gasteiger partial charge >= 0.3 is 5.66 Å². The number of furan rings is 1. The molecule has 1 aliphatic carbocycles. The smallest absolute Gasteiger partial charge is 0.417 e. The van der Waals surface area contributed by atoms with Crippen molar-refractivity contribution >= 4 is 11.0 Å². The van der Waals surface area contributed by atoms with Gasteiger partial charge in [0.25, 0.3) is 0 Å². The molecule has 0 radical (unpaired) electrons. The van der Waals surface area contributed by atoms with Crippen molar-refractivity contribution in [3.63, 3.8) is 0 Å².